The maximum absolute atomic E-state index is 11.4. The lowest BCUT2D eigenvalue weighted by atomic mass is 10.0. The Morgan fingerprint density at radius 3 is 3.00 bits per heavy atom. The number of amides is 1. The van der Waals surface area contributed by atoms with Gasteiger partial charge in [0.25, 0.3) is 0 Å². The van der Waals surface area contributed by atoms with Crippen molar-refractivity contribution in [3.63, 3.8) is 0 Å². The van der Waals surface area contributed by atoms with Crippen molar-refractivity contribution in [3.05, 3.63) is 41.6 Å². The molecule has 1 aromatic carbocycles. The van der Waals surface area contributed by atoms with E-state index in [1.54, 1.807) is 12.3 Å². The zero-order chi connectivity index (χ0) is 12.5. The summed E-state index contributed by atoms with van der Waals surface area (Å²) in [6, 6.07) is 7.55. The number of carbonyl (C=O) groups excluding carboxylic acids is 1. The van der Waals surface area contributed by atoms with Crippen LogP contribution >= 0.6 is 0 Å². The van der Waals surface area contributed by atoms with Gasteiger partial charge in [0.05, 0.1) is 17.2 Å². The Hall–Kier alpha value is -1.94. The molecule has 1 unspecified atom stereocenters. The van der Waals surface area contributed by atoms with E-state index in [1.165, 1.54) is 0 Å². The number of nitrogens with zero attached hydrogens (tertiary/aromatic N) is 1. The fourth-order valence-electron chi connectivity index (χ4n) is 2.42. The molecular formula is C14H14N2O2. The molecule has 1 aliphatic rings. The number of carbonyl (C=O) groups is 1. The van der Waals surface area contributed by atoms with Crippen LogP contribution in [0.1, 0.15) is 34.9 Å². The number of benzene rings is 1. The highest BCUT2D eigenvalue weighted by molar-refractivity contribution is 6.05. The van der Waals surface area contributed by atoms with Crippen LogP contribution in [-0.2, 0) is 4.74 Å². The molecule has 1 fully saturated rings. The Labute approximate surface area is 105 Å². The first-order valence-electron chi connectivity index (χ1n) is 6.06. The monoisotopic (exact) mass is 242 g/mol. The minimum Gasteiger partial charge on any atom is -0.374 e. The molecule has 0 radical (unpaired) electrons. The molecule has 1 amide bonds. The number of nitrogens with two attached hydrogens (primary N) is 1. The van der Waals surface area contributed by atoms with Gasteiger partial charge >= 0.3 is 0 Å². The van der Waals surface area contributed by atoms with Crippen LogP contribution in [0.15, 0.2) is 30.5 Å². The quantitative estimate of drug-likeness (QED) is 0.877. The number of hydrogen-bond donors (Lipinski definition) is 1. The van der Waals surface area contributed by atoms with E-state index in [1.807, 2.05) is 18.2 Å². The highest BCUT2D eigenvalue weighted by atomic mass is 16.5. The molecule has 1 aliphatic heterocycles. The standard InChI is InChI=1S/C14H14N2O2/c15-14(17)10-5-6-16-12-4-3-9(8-11(10)12)13-2-1-7-18-13/h3-6,8,13H,1-2,7H2,(H2,15,17). The third-order valence-corrected chi connectivity index (χ3v) is 3.33. The van der Waals surface area contributed by atoms with Crippen LogP contribution in [0.25, 0.3) is 10.9 Å². The lowest BCUT2D eigenvalue weighted by Gasteiger charge is -2.11. The SMILES string of the molecule is NC(=O)c1ccnc2ccc(C3CCCO3)cc12. The van der Waals surface area contributed by atoms with Crippen molar-refractivity contribution in [3.8, 4) is 0 Å². The summed E-state index contributed by atoms with van der Waals surface area (Å²) < 4.78 is 5.65. The third kappa shape index (κ3) is 1.84. The molecule has 0 bridgehead atoms. The van der Waals surface area contributed by atoms with E-state index in [-0.39, 0.29) is 6.10 Å². The van der Waals surface area contributed by atoms with Gasteiger partial charge in [0.15, 0.2) is 0 Å². The van der Waals surface area contributed by atoms with E-state index < -0.39 is 5.91 Å². The molecule has 92 valence electrons. The molecule has 1 aromatic heterocycles. The van der Waals surface area contributed by atoms with Crippen molar-refractivity contribution in [2.75, 3.05) is 6.61 Å². The maximum Gasteiger partial charge on any atom is 0.249 e. The first-order valence-corrected chi connectivity index (χ1v) is 6.06. The van der Waals surface area contributed by atoms with Crippen LogP contribution in [0.5, 0.6) is 0 Å². The van der Waals surface area contributed by atoms with Crippen molar-refractivity contribution >= 4 is 16.8 Å². The molecule has 18 heavy (non-hydrogen) atoms. The minimum absolute atomic E-state index is 0.135. The summed E-state index contributed by atoms with van der Waals surface area (Å²) in [4.78, 5) is 15.7. The summed E-state index contributed by atoms with van der Waals surface area (Å²) in [5.74, 6) is -0.424. The van der Waals surface area contributed by atoms with E-state index in [4.69, 9.17) is 10.5 Å². The summed E-state index contributed by atoms with van der Waals surface area (Å²) in [6.07, 6.45) is 3.85. The zero-order valence-corrected chi connectivity index (χ0v) is 9.93. The molecule has 4 nitrogen and oxygen atoms in total. The van der Waals surface area contributed by atoms with Crippen molar-refractivity contribution in [1.29, 1.82) is 0 Å². The Kier molecular flexibility index (Phi) is 2.72. The Morgan fingerprint density at radius 2 is 2.28 bits per heavy atom. The number of rotatable bonds is 2. The van der Waals surface area contributed by atoms with E-state index in [9.17, 15) is 4.79 Å². The Balaban J connectivity index is 2.14. The van der Waals surface area contributed by atoms with E-state index in [2.05, 4.69) is 4.98 Å². The number of ether oxygens (including phenoxy) is 1. The van der Waals surface area contributed by atoms with Gasteiger partial charge in [0.2, 0.25) is 5.91 Å². The fraction of sp³-hybridized carbons (Fsp3) is 0.286. The molecular weight excluding hydrogens is 228 g/mol. The number of hydrogen-bond acceptors (Lipinski definition) is 3. The summed E-state index contributed by atoms with van der Waals surface area (Å²) in [5, 5.41) is 0.804. The van der Waals surface area contributed by atoms with Gasteiger partial charge in [-0.15, -0.1) is 0 Å². The second kappa shape index (κ2) is 4.38. The maximum atomic E-state index is 11.4. The molecule has 1 atom stereocenters. The summed E-state index contributed by atoms with van der Waals surface area (Å²) >= 11 is 0. The highest BCUT2D eigenvalue weighted by Gasteiger charge is 2.18. The highest BCUT2D eigenvalue weighted by Crippen LogP contribution is 2.30. The van der Waals surface area contributed by atoms with Gasteiger partial charge in [-0.05, 0) is 36.6 Å². The molecule has 2 aromatic rings. The molecule has 4 heteroatoms. The molecule has 0 aliphatic carbocycles. The number of fused-ring (bicyclic) bond motifs is 1. The Morgan fingerprint density at radius 1 is 1.39 bits per heavy atom. The van der Waals surface area contributed by atoms with Crippen LogP contribution in [-0.4, -0.2) is 17.5 Å². The number of primary amides is 1. The topological polar surface area (TPSA) is 65.2 Å². The van der Waals surface area contributed by atoms with Crippen molar-refractivity contribution in [2.24, 2.45) is 5.73 Å². The van der Waals surface area contributed by atoms with E-state index in [0.29, 0.717) is 5.56 Å². The first-order chi connectivity index (χ1) is 8.75. The average molecular weight is 242 g/mol. The van der Waals surface area contributed by atoms with Gasteiger partial charge in [-0.25, -0.2) is 0 Å². The zero-order valence-electron chi connectivity index (χ0n) is 9.93. The Bertz CT molecular complexity index is 604. The van der Waals surface area contributed by atoms with Crippen LogP contribution in [0, 0.1) is 0 Å². The first kappa shape index (κ1) is 11.2. The van der Waals surface area contributed by atoms with E-state index in [0.717, 1.165) is 35.9 Å². The largest absolute Gasteiger partial charge is 0.374 e. The lowest BCUT2D eigenvalue weighted by Crippen LogP contribution is -2.11. The van der Waals surface area contributed by atoms with Gasteiger partial charge in [0.1, 0.15) is 0 Å². The van der Waals surface area contributed by atoms with Gasteiger partial charge in [0, 0.05) is 18.2 Å². The molecule has 2 heterocycles. The van der Waals surface area contributed by atoms with Crippen LogP contribution in [0.2, 0.25) is 0 Å². The smallest absolute Gasteiger partial charge is 0.249 e. The van der Waals surface area contributed by atoms with Crippen LogP contribution in [0.3, 0.4) is 0 Å². The minimum atomic E-state index is -0.424. The molecule has 0 saturated carbocycles. The van der Waals surface area contributed by atoms with Crippen molar-refractivity contribution in [1.82, 2.24) is 4.98 Å². The number of pyridine rings is 1. The molecule has 1 saturated heterocycles. The van der Waals surface area contributed by atoms with Gasteiger partial charge in [-0.1, -0.05) is 6.07 Å². The molecule has 2 N–H and O–H groups in total. The average Bonchev–Trinajstić information content (AvgIpc) is 2.91. The van der Waals surface area contributed by atoms with Gasteiger partial charge in [-0.3, -0.25) is 9.78 Å². The van der Waals surface area contributed by atoms with Gasteiger partial charge in [-0.2, -0.15) is 0 Å². The van der Waals surface area contributed by atoms with Crippen LogP contribution in [0.4, 0.5) is 0 Å². The summed E-state index contributed by atoms with van der Waals surface area (Å²) in [6.45, 7) is 0.804. The van der Waals surface area contributed by atoms with Crippen molar-refractivity contribution < 1.29 is 9.53 Å². The molecule has 3 rings (SSSR count). The molecule has 0 spiro atoms. The third-order valence-electron chi connectivity index (χ3n) is 3.33. The lowest BCUT2D eigenvalue weighted by molar-refractivity contribution is 0.100. The summed E-state index contributed by atoms with van der Waals surface area (Å²) in [5.41, 5.74) is 7.78. The predicted molar refractivity (Wildman–Crippen MR) is 68.2 cm³/mol. The van der Waals surface area contributed by atoms with E-state index >= 15 is 0 Å². The number of aromatic nitrogens is 1. The summed E-state index contributed by atoms with van der Waals surface area (Å²) in [7, 11) is 0. The second-order valence-corrected chi connectivity index (χ2v) is 4.50. The normalized spacial score (nSPS) is 19.2. The fourth-order valence-corrected chi connectivity index (χ4v) is 2.42. The predicted octanol–water partition coefficient (Wildman–Crippen LogP) is 2.19. The van der Waals surface area contributed by atoms with Crippen molar-refractivity contribution in [2.45, 2.75) is 18.9 Å². The van der Waals surface area contributed by atoms with Gasteiger partial charge < -0.3 is 10.5 Å². The van der Waals surface area contributed by atoms with Crippen LogP contribution < -0.4 is 5.73 Å². The second-order valence-electron chi connectivity index (χ2n) is 4.50.